The largest absolute Gasteiger partial charge is 0.481 e. The van der Waals surface area contributed by atoms with Crippen LogP contribution in [0.1, 0.15) is 6.92 Å². The highest BCUT2D eigenvalue weighted by Crippen LogP contribution is 2.22. The Bertz CT molecular complexity index is 1190. The van der Waals surface area contributed by atoms with Crippen molar-refractivity contribution in [1.29, 1.82) is 0 Å². The monoisotopic (exact) mass is 416 g/mol. The fraction of sp³-hybridized carbons (Fsp3) is 0.200. The molecule has 0 aliphatic rings. The Morgan fingerprint density at radius 3 is 2.64 bits per heavy atom. The fourth-order valence-corrected chi connectivity index (χ4v) is 4.42. The van der Waals surface area contributed by atoms with Crippen LogP contribution >= 0.6 is 11.3 Å². The summed E-state index contributed by atoms with van der Waals surface area (Å²) in [6, 6.07) is 13.9. The summed E-state index contributed by atoms with van der Waals surface area (Å²) in [5.74, 6) is 0.170. The Kier molecular flexibility index (Phi) is 5.81. The zero-order valence-electron chi connectivity index (χ0n) is 15.5. The minimum absolute atomic E-state index is 0.227. The van der Waals surface area contributed by atoms with Crippen LogP contribution in [0, 0.1) is 0 Å². The van der Waals surface area contributed by atoms with E-state index in [1.54, 1.807) is 43.3 Å². The van der Waals surface area contributed by atoms with Crippen molar-refractivity contribution in [2.75, 3.05) is 6.26 Å². The maximum Gasteiger partial charge on any atom is 0.289 e. The number of thiazole rings is 1. The third-order valence-corrected chi connectivity index (χ3v) is 6.16. The van der Waals surface area contributed by atoms with Gasteiger partial charge in [0.1, 0.15) is 5.75 Å². The number of fused-ring (bicyclic) bond motifs is 1. The molecule has 28 heavy (non-hydrogen) atoms. The van der Waals surface area contributed by atoms with Gasteiger partial charge in [0.2, 0.25) is 0 Å². The summed E-state index contributed by atoms with van der Waals surface area (Å²) in [4.78, 5) is 17.5. The number of hydrogen-bond acceptors (Lipinski definition) is 5. The molecule has 0 radical (unpaired) electrons. The van der Waals surface area contributed by atoms with Crippen molar-refractivity contribution in [1.82, 2.24) is 4.57 Å². The number of carbonyl (C=O) groups excluding carboxylic acids is 1. The maximum absolute atomic E-state index is 12.6. The lowest BCUT2D eigenvalue weighted by Crippen LogP contribution is -2.25. The molecule has 146 valence electrons. The Morgan fingerprint density at radius 2 is 2.00 bits per heavy atom. The predicted octanol–water partition coefficient (Wildman–Crippen LogP) is 3.19. The first kappa shape index (κ1) is 20.0. The molecule has 1 aromatic heterocycles. The van der Waals surface area contributed by atoms with E-state index in [1.165, 1.54) is 11.3 Å². The van der Waals surface area contributed by atoms with Crippen molar-refractivity contribution in [2.24, 2.45) is 4.99 Å². The van der Waals surface area contributed by atoms with Gasteiger partial charge in [-0.1, -0.05) is 35.6 Å². The molecule has 0 N–H and O–H groups in total. The Balaban J connectivity index is 2.01. The number of aromatic nitrogens is 1. The Morgan fingerprint density at radius 1 is 1.29 bits per heavy atom. The summed E-state index contributed by atoms with van der Waals surface area (Å²) in [7, 11) is -3.32. The first-order valence-corrected chi connectivity index (χ1v) is 11.2. The molecule has 0 fully saturated rings. The minimum atomic E-state index is -3.32. The molecule has 0 saturated heterocycles. The zero-order valence-corrected chi connectivity index (χ0v) is 17.2. The van der Waals surface area contributed by atoms with Crippen LogP contribution in [0.25, 0.3) is 10.2 Å². The Labute approximate surface area is 167 Å². The second kappa shape index (κ2) is 8.12. The molecule has 2 aromatic carbocycles. The number of rotatable bonds is 6. The number of hydrogen-bond donors (Lipinski definition) is 0. The molecule has 3 rings (SSSR count). The molecule has 1 atom stereocenters. The standard InChI is InChI=1S/C20H20N2O4S2/c1-4-12-22-17-11-10-16(28(3,24)25)13-18(17)27-20(22)21-19(23)14(2)26-15-8-6-5-7-9-15/h4-11,13-14H,1,12H2,2-3H3. The smallest absolute Gasteiger partial charge is 0.289 e. The molecule has 0 aliphatic heterocycles. The quantitative estimate of drug-likeness (QED) is 0.578. The zero-order chi connectivity index (χ0) is 20.3. The number of nitrogens with zero attached hydrogens (tertiary/aromatic N) is 2. The molecule has 0 aliphatic carbocycles. The number of para-hydroxylation sites is 1. The third-order valence-electron chi connectivity index (χ3n) is 4.00. The molecule has 0 bridgehead atoms. The van der Waals surface area contributed by atoms with Crippen molar-refractivity contribution in [3.05, 3.63) is 66.0 Å². The number of sulfone groups is 1. The van der Waals surface area contributed by atoms with E-state index in [0.29, 0.717) is 17.1 Å². The number of carbonyl (C=O) groups is 1. The van der Waals surface area contributed by atoms with E-state index in [-0.39, 0.29) is 4.90 Å². The summed E-state index contributed by atoms with van der Waals surface area (Å²) in [6.07, 6.45) is 2.11. The van der Waals surface area contributed by atoms with Crippen LogP contribution in [0.3, 0.4) is 0 Å². The number of ether oxygens (including phenoxy) is 1. The SMILES string of the molecule is C=CCn1c(=NC(=O)C(C)Oc2ccccc2)sc2cc(S(C)(=O)=O)ccc21. The fourth-order valence-electron chi connectivity index (χ4n) is 2.61. The van der Waals surface area contributed by atoms with Gasteiger partial charge >= 0.3 is 0 Å². The second-order valence-electron chi connectivity index (χ2n) is 6.21. The van der Waals surface area contributed by atoms with Crippen molar-refractivity contribution in [3.63, 3.8) is 0 Å². The second-order valence-corrected chi connectivity index (χ2v) is 9.23. The van der Waals surface area contributed by atoms with Gasteiger partial charge in [-0.25, -0.2) is 8.42 Å². The van der Waals surface area contributed by atoms with Gasteiger partial charge < -0.3 is 9.30 Å². The van der Waals surface area contributed by atoms with Crippen LogP contribution in [0.4, 0.5) is 0 Å². The van der Waals surface area contributed by atoms with Crippen molar-refractivity contribution in [3.8, 4) is 5.75 Å². The summed E-state index contributed by atoms with van der Waals surface area (Å²) in [5.41, 5.74) is 0.792. The van der Waals surface area contributed by atoms with E-state index in [0.717, 1.165) is 16.5 Å². The lowest BCUT2D eigenvalue weighted by molar-refractivity contribution is -0.124. The highest BCUT2D eigenvalue weighted by molar-refractivity contribution is 7.90. The number of benzene rings is 2. The minimum Gasteiger partial charge on any atom is -0.481 e. The predicted molar refractivity (Wildman–Crippen MR) is 110 cm³/mol. The van der Waals surface area contributed by atoms with E-state index >= 15 is 0 Å². The summed E-state index contributed by atoms with van der Waals surface area (Å²) in [5, 5.41) is 0. The van der Waals surface area contributed by atoms with E-state index in [2.05, 4.69) is 11.6 Å². The van der Waals surface area contributed by atoms with Crippen LogP contribution in [0.15, 0.2) is 71.1 Å². The van der Waals surface area contributed by atoms with Gasteiger partial charge in [-0.15, -0.1) is 6.58 Å². The van der Waals surface area contributed by atoms with Crippen molar-refractivity contribution in [2.45, 2.75) is 24.5 Å². The highest BCUT2D eigenvalue weighted by Gasteiger charge is 2.16. The lowest BCUT2D eigenvalue weighted by Gasteiger charge is -2.10. The third kappa shape index (κ3) is 4.40. The van der Waals surface area contributed by atoms with Crippen LogP contribution in [0.2, 0.25) is 0 Å². The Hall–Kier alpha value is -2.71. The van der Waals surface area contributed by atoms with Gasteiger partial charge in [0.15, 0.2) is 20.7 Å². The molecule has 1 heterocycles. The molecule has 0 spiro atoms. The van der Waals surface area contributed by atoms with Gasteiger partial charge in [0, 0.05) is 12.8 Å². The molecule has 0 saturated carbocycles. The van der Waals surface area contributed by atoms with E-state index in [1.807, 2.05) is 22.8 Å². The van der Waals surface area contributed by atoms with Crippen molar-refractivity contribution >= 4 is 37.3 Å². The topological polar surface area (TPSA) is 77.7 Å². The average molecular weight is 417 g/mol. The van der Waals surface area contributed by atoms with E-state index in [9.17, 15) is 13.2 Å². The summed E-state index contributed by atoms with van der Waals surface area (Å²) in [6.45, 7) is 5.83. The van der Waals surface area contributed by atoms with Gasteiger partial charge in [-0.05, 0) is 37.3 Å². The summed E-state index contributed by atoms with van der Waals surface area (Å²) >= 11 is 1.25. The molecule has 1 unspecified atom stereocenters. The maximum atomic E-state index is 12.6. The van der Waals surface area contributed by atoms with Crippen LogP contribution in [0.5, 0.6) is 5.75 Å². The van der Waals surface area contributed by atoms with E-state index in [4.69, 9.17) is 4.74 Å². The first-order valence-electron chi connectivity index (χ1n) is 8.54. The van der Waals surface area contributed by atoms with Crippen molar-refractivity contribution < 1.29 is 17.9 Å². The molecule has 3 aromatic rings. The van der Waals surface area contributed by atoms with Gasteiger partial charge in [0.05, 0.1) is 15.1 Å². The van der Waals surface area contributed by atoms with Crippen LogP contribution in [-0.2, 0) is 21.2 Å². The first-order chi connectivity index (χ1) is 13.3. The molecular formula is C20H20N2O4S2. The number of allylic oxidation sites excluding steroid dienone is 1. The molecule has 1 amide bonds. The van der Waals surface area contributed by atoms with Gasteiger partial charge in [-0.2, -0.15) is 4.99 Å². The molecule has 6 nitrogen and oxygen atoms in total. The van der Waals surface area contributed by atoms with Crippen LogP contribution < -0.4 is 9.54 Å². The van der Waals surface area contributed by atoms with Crippen LogP contribution in [-0.4, -0.2) is 31.3 Å². The highest BCUT2D eigenvalue weighted by atomic mass is 32.2. The van der Waals surface area contributed by atoms with Gasteiger partial charge in [0.25, 0.3) is 5.91 Å². The molecular weight excluding hydrogens is 396 g/mol. The normalized spacial score (nSPS) is 13.4. The van der Waals surface area contributed by atoms with Gasteiger partial charge in [-0.3, -0.25) is 4.79 Å². The summed E-state index contributed by atoms with van der Waals surface area (Å²) < 4.78 is 31.8. The molecule has 8 heteroatoms. The van der Waals surface area contributed by atoms with E-state index < -0.39 is 21.8 Å². The number of amides is 1. The lowest BCUT2D eigenvalue weighted by atomic mass is 10.3. The average Bonchev–Trinajstić information content (AvgIpc) is 2.98.